The van der Waals surface area contributed by atoms with Gasteiger partial charge in [0.2, 0.25) is 0 Å². The smallest absolute Gasteiger partial charge is 0.141 e. The van der Waals surface area contributed by atoms with E-state index in [1.165, 1.54) is 12.1 Å². The van der Waals surface area contributed by atoms with Gasteiger partial charge in [-0.3, -0.25) is 0 Å². The molecule has 1 atom stereocenters. The highest BCUT2D eigenvalue weighted by atomic mass is 79.9. The van der Waals surface area contributed by atoms with Gasteiger partial charge in [0, 0.05) is 0 Å². The standard InChI is InChI=1S/C14H11BrClF2N/c1-19-14(8-2-4-12(17)10(15)6-8)9-3-5-13(18)11(16)7-9/h2-7,14,19H,1H3. The van der Waals surface area contributed by atoms with E-state index in [4.69, 9.17) is 11.6 Å². The number of halogens is 4. The Labute approximate surface area is 123 Å². The van der Waals surface area contributed by atoms with Crippen LogP contribution in [0.1, 0.15) is 17.2 Å². The van der Waals surface area contributed by atoms with Crippen molar-refractivity contribution in [3.8, 4) is 0 Å². The van der Waals surface area contributed by atoms with E-state index >= 15 is 0 Å². The quantitative estimate of drug-likeness (QED) is 0.850. The zero-order valence-corrected chi connectivity index (χ0v) is 12.4. The molecule has 0 saturated carbocycles. The SMILES string of the molecule is CNC(c1ccc(F)c(Cl)c1)c1ccc(F)c(Br)c1. The third-order valence-electron chi connectivity index (χ3n) is 2.84. The highest BCUT2D eigenvalue weighted by Crippen LogP contribution is 2.28. The second-order valence-corrected chi connectivity index (χ2v) is 5.33. The number of nitrogens with one attached hydrogen (secondary N) is 1. The summed E-state index contributed by atoms with van der Waals surface area (Å²) in [6.45, 7) is 0. The van der Waals surface area contributed by atoms with Gasteiger partial charge in [-0.25, -0.2) is 8.78 Å². The van der Waals surface area contributed by atoms with E-state index in [0.29, 0.717) is 4.47 Å². The second-order valence-electron chi connectivity index (χ2n) is 4.07. The molecule has 100 valence electrons. The molecular formula is C14H11BrClF2N. The number of hydrogen-bond acceptors (Lipinski definition) is 1. The Morgan fingerprint density at radius 2 is 1.63 bits per heavy atom. The van der Waals surface area contributed by atoms with Crippen LogP contribution in [0.2, 0.25) is 5.02 Å². The monoisotopic (exact) mass is 345 g/mol. The van der Waals surface area contributed by atoms with Crippen LogP contribution in [0.5, 0.6) is 0 Å². The number of rotatable bonds is 3. The van der Waals surface area contributed by atoms with Gasteiger partial charge in [-0.2, -0.15) is 0 Å². The summed E-state index contributed by atoms with van der Waals surface area (Å²) in [6.07, 6.45) is 0. The van der Waals surface area contributed by atoms with Gasteiger partial charge in [0.05, 0.1) is 15.5 Å². The molecule has 0 amide bonds. The average molecular weight is 347 g/mol. The van der Waals surface area contributed by atoms with Crippen molar-refractivity contribution in [1.82, 2.24) is 5.32 Å². The van der Waals surface area contributed by atoms with Crippen LogP contribution in [0, 0.1) is 11.6 Å². The first-order valence-electron chi connectivity index (χ1n) is 5.60. The lowest BCUT2D eigenvalue weighted by Crippen LogP contribution is -2.17. The Kier molecular flexibility index (Phi) is 4.55. The zero-order valence-electron chi connectivity index (χ0n) is 10.1. The Bertz CT molecular complexity index is 552. The van der Waals surface area contributed by atoms with Crippen LogP contribution in [0.25, 0.3) is 0 Å². The molecule has 0 bridgehead atoms. The van der Waals surface area contributed by atoms with Crippen LogP contribution < -0.4 is 5.32 Å². The topological polar surface area (TPSA) is 12.0 Å². The molecule has 0 aliphatic heterocycles. The van der Waals surface area contributed by atoms with Gasteiger partial charge in [-0.1, -0.05) is 23.7 Å². The molecule has 0 aliphatic carbocycles. The lowest BCUT2D eigenvalue weighted by Gasteiger charge is -2.18. The Morgan fingerprint density at radius 3 is 2.16 bits per heavy atom. The van der Waals surface area contributed by atoms with E-state index < -0.39 is 5.82 Å². The lowest BCUT2D eigenvalue weighted by atomic mass is 9.99. The van der Waals surface area contributed by atoms with E-state index in [0.717, 1.165) is 11.1 Å². The van der Waals surface area contributed by atoms with Crippen molar-refractivity contribution in [1.29, 1.82) is 0 Å². The fourth-order valence-electron chi connectivity index (χ4n) is 1.91. The minimum absolute atomic E-state index is 0.0685. The van der Waals surface area contributed by atoms with Crippen LogP contribution in [-0.4, -0.2) is 7.05 Å². The van der Waals surface area contributed by atoms with Crippen molar-refractivity contribution >= 4 is 27.5 Å². The molecule has 0 saturated heterocycles. The summed E-state index contributed by atoms with van der Waals surface area (Å²) in [5.41, 5.74) is 1.67. The summed E-state index contributed by atoms with van der Waals surface area (Å²) in [5.74, 6) is -0.781. The molecular weight excluding hydrogens is 336 g/mol. The van der Waals surface area contributed by atoms with E-state index in [-0.39, 0.29) is 16.9 Å². The summed E-state index contributed by atoms with van der Waals surface area (Å²) >= 11 is 8.94. The molecule has 0 fully saturated rings. The fourth-order valence-corrected chi connectivity index (χ4v) is 2.50. The Hall–Kier alpha value is -0.970. The molecule has 0 aromatic heterocycles. The van der Waals surface area contributed by atoms with Crippen LogP contribution in [0.3, 0.4) is 0 Å². The van der Waals surface area contributed by atoms with Crippen LogP contribution in [0.4, 0.5) is 8.78 Å². The summed E-state index contributed by atoms with van der Waals surface area (Å²) in [5, 5.41) is 3.17. The van der Waals surface area contributed by atoms with E-state index in [1.54, 1.807) is 31.3 Å². The number of hydrogen-bond donors (Lipinski definition) is 1. The Balaban J connectivity index is 2.43. The molecule has 19 heavy (non-hydrogen) atoms. The van der Waals surface area contributed by atoms with E-state index in [1.807, 2.05) is 0 Å². The van der Waals surface area contributed by atoms with Crippen molar-refractivity contribution < 1.29 is 8.78 Å². The maximum Gasteiger partial charge on any atom is 0.141 e. The maximum absolute atomic E-state index is 13.2. The van der Waals surface area contributed by atoms with Crippen LogP contribution in [0.15, 0.2) is 40.9 Å². The predicted octanol–water partition coefficient (Wildman–Crippen LogP) is 4.69. The molecule has 2 rings (SSSR count). The second kappa shape index (κ2) is 5.99. The van der Waals surface area contributed by atoms with E-state index in [2.05, 4.69) is 21.2 Å². The van der Waals surface area contributed by atoms with Gasteiger partial charge in [0.15, 0.2) is 0 Å². The molecule has 1 nitrogen and oxygen atoms in total. The fraction of sp³-hybridized carbons (Fsp3) is 0.143. The lowest BCUT2D eigenvalue weighted by molar-refractivity contribution is 0.615. The summed E-state index contributed by atoms with van der Waals surface area (Å²) in [6, 6.07) is 9.10. The van der Waals surface area contributed by atoms with Gasteiger partial charge in [0.25, 0.3) is 0 Å². The normalized spacial score (nSPS) is 12.5. The van der Waals surface area contributed by atoms with Crippen LogP contribution >= 0.6 is 27.5 Å². The molecule has 0 aliphatic rings. The van der Waals surface area contributed by atoms with Crippen molar-refractivity contribution in [2.24, 2.45) is 0 Å². The molecule has 2 aromatic rings. The molecule has 0 radical (unpaired) electrons. The van der Waals surface area contributed by atoms with Crippen LogP contribution in [-0.2, 0) is 0 Å². The first-order chi connectivity index (χ1) is 9.02. The molecule has 0 spiro atoms. The van der Waals surface area contributed by atoms with Crippen molar-refractivity contribution in [2.75, 3.05) is 7.05 Å². The van der Waals surface area contributed by atoms with Gasteiger partial charge < -0.3 is 5.32 Å². The molecule has 2 aromatic carbocycles. The summed E-state index contributed by atoms with van der Waals surface area (Å²) in [4.78, 5) is 0. The highest BCUT2D eigenvalue weighted by Gasteiger charge is 2.15. The average Bonchev–Trinajstić information content (AvgIpc) is 2.39. The zero-order chi connectivity index (χ0) is 14.0. The van der Waals surface area contributed by atoms with Gasteiger partial charge >= 0.3 is 0 Å². The maximum atomic E-state index is 13.2. The molecule has 1 N–H and O–H groups in total. The molecule has 5 heteroatoms. The molecule has 0 heterocycles. The van der Waals surface area contributed by atoms with Gasteiger partial charge in [-0.15, -0.1) is 0 Å². The van der Waals surface area contributed by atoms with Crippen molar-refractivity contribution in [3.05, 3.63) is 68.7 Å². The molecule has 1 unspecified atom stereocenters. The van der Waals surface area contributed by atoms with Gasteiger partial charge in [-0.05, 0) is 58.4 Å². The minimum Gasteiger partial charge on any atom is -0.309 e. The first-order valence-corrected chi connectivity index (χ1v) is 6.77. The first kappa shape index (κ1) is 14.4. The predicted molar refractivity (Wildman–Crippen MR) is 76.4 cm³/mol. The summed E-state index contributed by atoms with van der Waals surface area (Å²) < 4.78 is 26.8. The minimum atomic E-state index is -0.458. The largest absolute Gasteiger partial charge is 0.309 e. The third-order valence-corrected chi connectivity index (χ3v) is 3.74. The summed E-state index contributed by atoms with van der Waals surface area (Å²) in [7, 11) is 1.78. The van der Waals surface area contributed by atoms with Gasteiger partial charge in [0.1, 0.15) is 11.6 Å². The van der Waals surface area contributed by atoms with Crippen molar-refractivity contribution in [2.45, 2.75) is 6.04 Å². The third kappa shape index (κ3) is 3.14. The number of benzene rings is 2. The van der Waals surface area contributed by atoms with E-state index in [9.17, 15) is 8.78 Å². The Morgan fingerprint density at radius 1 is 1.05 bits per heavy atom. The highest BCUT2D eigenvalue weighted by molar-refractivity contribution is 9.10. The van der Waals surface area contributed by atoms with Crippen molar-refractivity contribution in [3.63, 3.8) is 0 Å².